The normalized spacial score (nSPS) is 16.5. The molecule has 3 N–H and O–H groups in total. The van der Waals surface area contributed by atoms with E-state index in [-0.39, 0.29) is 12.1 Å². The highest BCUT2D eigenvalue weighted by atomic mass is 16.3. The van der Waals surface area contributed by atoms with Crippen LogP contribution in [0, 0.1) is 0 Å². The van der Waals surface area contributed by atoms with Crippen LogP contribution in [0.4, 0.5) is 0 Å². The SMILES string of the molecule is CCN(CCO)C(C)(CC)CN. The number of hydrogen-bond acceptors (Lipinski definition) is 3. The first-order chi connectivity index (χ1) is 5.64. The molecular weight excluding hydrogens is 152 g/mol. The first-order valence-electron chi connectivity index (χ1n) is 4.70. The second-order valence-electron chi connectivity index (χ2n) is 3.36. The highest BCUT2D eigenvalue weighted by Crippen LogP contribution is 2.16. The van der Waals surface area contributed by atoms with Gasteiger partial charge in [-0.15, -0.1) is 0 Å². The lowest BCUT2D eigenvalue weighted by atomic mass is 9.96. The Bertz CT molecular complexity index is 113. The number of aliphatic hydroxyl groups excluding tert-OH is 1. The van der Waals surface area contributed by atoms with Crippen molar-refractivity contribution in [1.82, 2.24) is 4.90 Å². The van der Waals surface area contributed by atoms with Crippen LogP contribution >= 0.6 is 0 Å². The van der Waals surface area contributed by atoms with Gasteiger partial charge >= 0.3 is 0 Å². The van der Waals surface area contributed by atoms with Crippen LogP contribution in [0.5, 0.6) is 0 Å². The van der Waals surface area contributed by atoms with Crippen LogP contribution in [-0.4, -0.2) is 41.8 Å². The van der Waals surface area contributed by atoms with Crippen molar-refractivity contribution in [3.63, 3.8) is 0 Å². The van der Waals surface area contributed by atoms with Crippen LogP contribution in [0.2, 0.25) is 0 Å². The second-order valence-corrected chi connectivity index (χ2v) is 3.36. The molecule has 0 aliphatic heterocycles. The minimum Gasteiger partial charge on any atom is -0.395 e. The molecule has 0 aromatic heterocycles. The fraction of sp³-hybridized carbons (Fsp3) is 1.00. The number of nitrogens with zero attached hydrogens (tertiary/aromatic N) is 1. The summed E-state index contributed by atoms with van der Waals surface area (Å²) in [7, 11) is 0. The van der Waals surface area contributed by atoms with Crippen molar-refractivity contribution in [1.29, 1.82) is 0 Å². The van der Waals surface area contributed by atoms with E-state index in [0.29, 0.717) is 6.54 Å². The Morgan fingerprint density at radius 3 is 2.25 bits per heavy atom. The Morgan fingerprint density at radius 2 is 2.00 bits per heavy atom. The first kappa shape index (κ1) is 11.9. The highest BCUT2D eigenvalue weighted by Gasteiger charge is 2.26. The Hall–Kier alpha value is -0.120. The molecule has 0 heterocycles. The van der Waals surface area contributed by atoms with E-state index in [4.69, 9.17) is 10.8 Å². The summed E-state index contributed by atoms with van der Waals surface area (Å²) in [6.45, 7) is 8.90. The molecule has 0 aromatic rings. The van der Waals surface area contributed by atoms with Gasteiger partial charge in [0.05, 0.1) is 6.61 Å². The molecule has 0 spiro atoms. The van der Waals surface area contributed by atoms with Gasteiger partial charge in [0.1, 0.15) is 0 Å². The molecule has 0 fully saturated rings. The van der Waals surface area contributed by atoms with Gasteiger partial charge in [-0.1, -0.05) is 13.8 Å². The van der Waals surface area contributed by atoms with Crippen molar-refractivity contribution >= 4 is 0 Å². The predicted octanol–water partition coefficient (Wildman–Crippen LogP) is 0.428. The van der Waals surface area contributed by atoms with Crippen molar-refractivity contribution in [3.05, 3.63) is 0 Å². The molecular formula is C9H22N2O. The Morgan fingerprint density at radius 1 is 1.42 bits per heavy atom. The smallest absolute Gasteiger partial charge is 0.0558 e. The van der Waals surface area contributed by atoms with Crippen LogP contribution in [-0.2, 0) is 0 Å². The summed E-state index contributed by atoms with van der Waals surface area (Å²) < 4.78 is 0. The fourth-order valence-corrected chi connectivity index (χ4v) is 1.43. The molecule has 0 amide bonds. The standard InChI is InChI=1S/C9H22N2O/c1-4-9(3,8-10)11(5-2)6-7-12/h12H,4-8,10H2,1-3H3. The maximum absolute atomic E-state index is 8.84. The summed E-state index contributed by atoms with van der Waals surface area (Å²) in [5.41, 5.74) is 5.75. The van der Waals surface area contributed by atoms with Crippen LogP contribution in [0.1, 0.15) is 27.2 Å². The molecule has 74 valence electrons. The van der Waals surface area contributed by atoms with Crippen LogP contribution in [0.3, 0.4) is 0 Å². The number of β-amino-alcohol motifs (C(OH)–C–C–N with tert-alkyl or cyclic N) is 1. The third-order valence-corrected chi connectivity index (χ3v) is 2.72. The largest absolute Gasteiger partial charge is 0.395 e. The van der Waals surface area contributed by atoms with Crippen molar-refractivity contribution in [2.75, 3.05) is 26.2 Å². The summed E-state index contributed by atoms with van der Waals surface area (Å²) in [5, 5.41) is 8.84. The zero-order chi connectivity index (χ0) is 9.61. The zero-order valence-corrected chi connectivity index (χ0v) is 8.51. The maximum atomic E-state index is 8.84. The second kappa shape index (κ2) is 5.51. The summed E-state index contributed by atoms with van der Waals surface area (Å²) in [4.78, 5) is 2.23. The van der Waals surface area contributed by atoms with Crippen LogP contribution < -0.4 is 5.73 Å². The molecule has 1 unspecified atom stereocenters. The molecule has 0 bridgehead atoms. The molecule has 0 saturated carbocycles. The van der Waals surface area contributed by atoms with Gasteiger partial charge in [-0.2, -0.15) is 0 Å². The number of aliphatic hydroxyl groups is 1. The molecule has 0 aliphatic rings. The quantitative estimate of drug-likeness (QED) is 0.614. The van der Waals surface area contributed by atoms with E-state index in [1.807, 2.05) is 0 Å². The van der Waals surface area contributed by atoms with Gasteiger partial charge in [-0.05, 0) is 19.9 Å². The minimum absolute atomic E-state index is 0.0531. The van der Waals surface area contributed by atoms with Gasteiger partial charge in [0.15, 0.2) is 0 Å². The maximum Gasteiger partial charge on any atom is 0.0558 e. The van der Waals surface area contributed by atoms with Crippen molar-refractivity contribution < 1.29 is 5.11 Å². The zero-order valence-electron chi connectivity index (χ0n) is 8.51. The summed E-state index contributed by atoms with van der Waals surface area (Å²) in [6.07, 6.45) is 1.03. The van der Waals surface area contributed by atoms with Gasteiger partial charge < -0.3 is 10.8 Å². The monoisotopic (exact) mass is 174 g/mol. The molecule has 0 aromatic carbocycles. The first-order valence-corrected chi connectivity index (χ1v) is 4.70. The molecule has 3 nitrogen and oxygen atoms in total. The Kier molecular flexibility index (Phi) is 5.46. The molecule has 1 atom stereocenters. The van der Waals surface area contributed by atoms with Crippen LogP contribution in [0.15, 0.2) is 0 Å². The van der Waals surface area contributed by atoms with E-state index < -0.39 is 0 Å². The molecule has 0 rings (SSSR count). The van der Waals surface area contributed by atoms with Crippen molar-refractivity contribution in [3.8, 4) is 0 Å². The van der Waals surface area contributed by atoms with Gasteiger partial charge in [-0.25, -0.2) is 0 Å². The van der Waals surface area contributed by atoms with E-state index in [0.717, 1.165) is 19.5 Å². The number of likely N-dealkylation sites (N-methyl/N-ethyl adjacent to an activating group) is 1. The Labute approximate surface area is 75.6 Å². The lowest BCUT2D eigenvalue weighted by molar-refractivity contribution is 0.0879. The summed E-state index contributed by atoms with van der Waals surface area (Å²) in [5.74, 6) is 0. The lowest BCUT2D eigenvalue weighted by Gasteiger charge is -2.39. The van der Waals surface area contributed by atoms with Gasteiger partial charge in [0.25, 0.3) is 0 Å². The van der Waals surface area contributed by atoms with E-state index in [1.54, 1.807) is 0 Å². The van der Waals surface area contributed by atoms with Gasteiger partial charge in [0, 0.05) is 18.6 Å². The average Bonchev–Trinajstić information content (AvgIpc) is 2.13. The summed E-state index contributed by atoms with van der Waals surface area (Å²) >= 11 is 0. The number of rotatable bonds is 6. The van der Waals surface area contributed by atoms with Crippen molar-refractivity contribution in [2.45, 2.75) is 32.7 Å². The molecule has 0 radical (unpaired) electrons. The average molecular weight is 174 g/mol. The van der Waals surface area contributed by atoms with Gasteiger partial charge in [0.2, 0.25) is 0 Å². The third-order valence-electron chi connectivity index (χ3n) is 2.72. The van der Waals surface area contributed by atoms with E-state index in [1.165, 1.54) is 0 Å². The topological polar surface area (TPSA) is 49.5 Å². The van der Waals surface area contributed by atoms with Crippen molar-refractivity contribution in [2.24, 2.45) is 5.73 Å². The molecule has 3 heteroatoms. The molecule has 12 heavy (non-hydrogen) atoms. The fourth-order valence-electron chi connectivity index (χ4n) is 1.43. The summed E-state index contributed by atoms with van der Waals surface area (Å²) in [6, 6.07) is 0. The van der Waals surface area contributed by atoms with Gasteiger partial charge in [-0.3, -0.25) is 4.90 Å². The van der Waals surface area contributed by atoms with E-state index in [2.05, 4.69) is 25.7 Å². The lowest BCUT2D eigenvalue weighted by Crippen LogP contribution is -2.52. The Balaban J connectivity index is 4.21. The molecule has 0 aliphatic carbocycles. The van der Waals surface area contributed by atoms with E-state index in [9.17, 15) is 0 Å². The number of nitrogens with two attached hydrogens (primary N) is 1. The minimum atomic E-state index is 0.0531. The highest BCUT2D eigenvalue weighted by molar-refractivity contribution is 4.85. The molecule has 0 saturated heterocycles. The predicted molar refractivity (Wildman–Crippen MR) is 52.1 cm³/mol. The number of hydrogen-bond donors (Lipinski definition) is 2. The van der Waals surface area contributed by atoms with Crippen LogP contribution in [0.25, 0.3) is 0 Å². The van der Waals surface area contributed by atoms with E-state index >= 15 is 0 Å². The third kappa shape index (κ3) is 2.73.